The van der Waals surface area contributed by atoms with E-state index < -0.39 is 5.91 Å². The highest BCUT2D eigenvalue weighted by Crippen LogP contribution is 2.23. The molecule has 2 rings (SSSR count). The quantitative estimate of drug-likeness (QED) is 0.424. The normalized spacial score (nSPS) is 13.7. The summed E-state index contributed by atoms with van der Waals surface area (Å²) >= 11 is 5.78. The van der Waals surface area contributed by atoms with Crippen LogP contribution in [0.3, 0.4) is 0 Å². The minimum absolute atomic E-state index is 0.00818. The van der Waals surface area contributed by atoms with E-state index in [1.54, 1.807) is 13.1 Å². The molecule has 3 N–H and O–H groups in total. The molecule has 25 heavy (non-hydrogen) atoms. The average Bonchev–Trinajstić information content (AvgIpc) is 2.66. The number of rotatable bonds is 4. The molecule has 1 aliphatic carbocycles. The summed E-state index contributed by atoms with van der Waals surface area (Å²) in [5.41, 5.74) is 5.80. The summed E-state index contributed by atoms with van der Waals surface area (Å²) in [5, 5.41) is 3.16. The lowest BCUT2D eigenvalue weighted by molar-refractivity contribution is -0.127. The Bertz CT molecular complexity index is 591. The Morgan fingerprint density at radius 3 is 2.48 bits per heavy atom. The summed E-state index contributed by atoms with van der Waals surface area (Å²) in [6.45, 7) is 0.375. The van der Waals surface area contributed by atoms with Gasteiger partial charge in [0.25, 0.3) is 12.4 Å². The van der Waals surface area contributed by atoms with Gasteiger partial charge in [0.05, 0.1) is 18.4 Å². The monoisotopic (exact) mass is 370 g/mol. The van der Waals surface area contributed by atoms with Crippen LogP contribution in [0.25, 0.3) is 0 Å². The Hall–Kier alpha value is -2.35. The number of anilines is 1. The molecule has 1 aliphatic rings. The van der Waals surface area contributed by atoms with Crippen molar-refractivity contribution in [3.63, 3.8) is 0 Å². The molecule has 0 saturated heterocycles. The molecule has 0 aliphatic heterocycles. The number of aromatic nitrogens is 1. The zero-order chi connectivity index (χ0) is 18.7. The summed E-state index contributed by atoms with van der Waals surface area (Å²) < 4.78 is 3.86. The lowest BCUT2D eigenvalue weighted by Crippen LogP contribution is -2.45. The number of nitrogens with one attached hydrogen (secondary N) is 3. The number of carbonyl (C=O) groups excluding carboxylic acids is 3. The van der Waals surface area contributed by atoms with Crippen molar-refractivity contribution in [2.24, 2.45) is 5.92 Å². The fourth-order valence-electron chi connectivity index (χ4n) is 2.47. The van der Waals surface area contributed by atoms with Crippen molar-refractivity contribution in [2.45, 2.75) is 32.1 Å². The standard InChI is InChI=1S/C14H19ClN4O2.C2H4O2/c1-16-11-7-12(15)17-8-10(11)14(21)19-18-13(20)9-5-3-2-4-6-9;1-4-2-3/h7-9H,2-6H2,1H3,(H,16,17)(H,18,20)(H,19,21);2H,1H3. The Kier molecular flexibility index (Phi) is 9.31. The molecule has 8 nitrogen and oxygen atoms in total. The van der Waals surface area contributed by atoms with Gasteiger partial charge in [-0.05, 0) is 18.9 Å². The first-order chi connectivity index (χ1) is 12.0. The summed E-state index contributed by atoms with van der Waals surface area (Å²) in [5.74, 6) is -0.560. The van der Waals surface area contributed by atoms with Crippen LogP contribution in [0.1, 0.15) is 42.5 Å². The SMILES string of the molecule is CNc1cc(Cl)ncc1C(=O)NNC(=O)C1CCCCC1.COC=O. The number of hydrogen-bond donors (Lipinski definition) is 3. The van der Waals surface area contributed by atoms with Crippen LogP contribution < -0.4 is 16.2 Å². The number of pyridine rings is 1. The van der Waals surface area contributed by atoms with E-state index in [-0.39, 0.29) is 11.8 Å². The van der Waals surface area contributed by atoms with Gasteiger partial charge in [0.2, 0.25) is 5.91 Å². The van der Waals surface area contributed by atoms with Gasteiger partial charge in [-0.25, -0.2) is 4.98 Å². The van der Waals surface area contributed by atoms with Crippen molar-refractivity contribution in [2.75, 3.05) is 19.5 Å². The van der Waals surface area contributed by atoms with Crippen LogP contribution >= 0.6 is 11.6 Å². The molecule has 1 aromatic rings. The first-order valence-corrected chi connectivity index (χ1v) is 8.31. The molecule has 2 amide bonds. The molecular formula is C16H23ClN4O4. The maximum absolute atomic E-state index is 12.1. The van der Waals surface area contributed by atoms with Crippen molar-refractivity contribution >= 4 is 35.6 Å². The van der Waals surface area contributed by atoms with Gasteiger partial charge >= 0.3 is 0 Å². The summed E-state index contributed by atoms with van der Waals surface area (Å²) in [6, 6.07) is 1.55. The lowest BCUT2D eigenvalue weighted by Gasteiger charge is -2.21. The van der Waals surface area contributed by atoms with Crippen molar-refractivity contribution in [3.05, 3.63) is 23.0 Å². The van der Waals surface area contributed by atoms with Gasteiger partial charge in [0.15, 0.2) is 0 Å². The van der Waals surface area contributed by atoms with E-state index >= 15 is 0 Å². The third-order valence-corrected chi connectivity index (χ3v) is 3.96. The van der Waals surface area contributed by atoms with Crippen molar-refractivity contribution < 1.29 is 19.1 Å². The number of ether oxygens (including phenoxy) is 1. The van der Waals surface area contributed by atoms with E-state index in [2.05, 4.69) is 25.9 Å². The number of methoxy groups -OCH3 is 1. The van der Waals surface area contributed by atoms with E-state index in [0.29, 0.717) is 22.9 Å². The molecular weight excluding hydrogens is 348 g/mol. The molecule has 0 bridgehead atoms. The first-order valence-electron chi connectivity index (χ1n) is 7.93. The van der Waals surface area contributed by atoms with Crippen LogP contribution in [0.5, 0.6) is 0 Å². The highest BCUT2D eigenvalue weighted by molar-refractivity contribution is 6.29. The number of hydrogen-bond acceptors (Lipinski definition) is 6. The minimum Gasteiger partial charge on any atom is -0.471 e. The van der Waals surface area contributed by atoms with E-state index in [9.17, 15) is 9.59 Å². The van der Waals surface area contributed by atoms with Gasteiger partial charge in [-0.3, -0.25) is 25.2 Å². The van der Waals surface area contributed by atoms with Crippen LogP contribution in [0.2, 0.25) is 5.15 Å². The largest absolute Gasteiger partial charge is 0.471 e. The van der Waals surface area contributed by atoms with E-state index in [0.717, 1.165) is 25.7 Å². The van der Waals surface area contributed by atoms with Crippen LogP contribution in [0.15, 0.2) is 12.3 Å². The van der Waals surface area contributed by atoms with Crippen molar-refractivity contribution in [1.82, 2.24) is 15.8 Å². The third-order valence-electron chi connectivity index (χ3n) is 3.76. The molecule has 1 saturated carbocycles. The number of amides is 2. The van der Waals surface area contributed by atoms with Crippen LogP contribution in [0.4, 0.5) is 5.69 Å². The predicted octanol–water partition coefficient (Wildman–Crippen LogP) is 1.91. The molecule has 0 atom stereocenters. The summed E-state index contributed by atoms with van der Waals surface area (Å²) in [6.07, 6.45) is 6.44. The second kappa shape index (κ2) is 11.2. The second-order valence-corrected chi connectivity index (χ2v) is 5.80. The maximum Gasteiger partial charge on any atom is 0.292 e. The molecule has 0 spiro atoms. The van der Waals surface area contributed by atoms with Gasteiger partial charge in [-0.15, -0.1) is 0 Å². The molecule has 0 aromatic carbocycles. The molecule has 1 aromatic heterocycles. The van der Waals surface area contributed by atoms with Crippen LogP contribution in [-0.4, -0.2) is 37.4 Å². The van der Waals surface area contributed by atoms with Gasteiger partial charge in [0.1, 0.15) is 5.15 Å². The van der Waals surface area contributed by atoms with E-state index in [4.69, 9.17) is 16.4 Å². The smallest absolute Gasteiger partial charge is 0.292 e. The molecule has 138 valence electrons. The molecule has 1 heterocycles. The van der Waals surface area contributed by atoms with Gasteiger partial charge in [-0.1, -0.05) is 30.9 Å². The molecule has 1 fully saturated rings. The number of halogens is 1. The van der Waals surface area contributed by atoms with Gasteiger partial charge in [-0.2, -0.15) is 0 Å². The number of hydrazine groups is 1. The van der Waals surface area contributed by atoms with Crippen LogP contribution in [-0.2, 0) is 14.3 Å². The van der Waals surface area contributed by atoms with Crippen molar-refractivity contribution in [1.29, 1.82) is 0 Å². The Morgan fingerprint density at radius 2 is 1.92 bits per heavy atom. The average molecular weight is 371 g/mol. The Balaban J connectivity index is 0.000000705. The molecule has 9 heteroatoms. The predicted molar refractivity (Wildman–Crippen MR) is 94.1 cm³/mol. The number of nitrogens with zero attached hydrogens (tertiary/aromatic N) is 1. The Morgan fingerprint density at radius 1 is 1.28 bits per heavy atom. The molecule has 0 radical (unpaired) electrons. The zero-order valence-electron chi connectivity index (χ0n) is 14.3. The fraction of sp³-hybridized carbons (Fsp3) is 0.500. The second-order valence-electron chi connectivity index (χ2n) is 5.41. The highest BCUT2D eigenvalue weighted by atomic mass is 35.5. The maximum atomic E-state index is 12.1. The van der Waals surface area contributed by atoms with Crippen LogP contribution in [0, 0.1) is 5.92 Å². The van der Waals surface area contributed by atoms with Gasteiger partial charge < -0.3 is 10.1 Å². The van der Waals surface area contributed by atoms with E-state index in [1.807, 2.05) is 0 Å². The van der Waals surface area contributed by atoms with Crippen molar-refractivity contribution in [3.8, 4) is 0 Å². The fourth-order valence-corrected chi connectivity index (χ4v) is 2.63. The number of carbonyl (C=O) groups is 3. The van der Waals surface area contributed by atoms with E-state index in [1.165, 1.54) is 19.7 Å². The van der Waals surface area contributed by atoms with Gasteiger partial charge in [0, 0.05) is 19.2 Å². The first kappa shape index (κ1) is 20.7. The highest BCUT2D eigenvalue weighted by Gasteiger charge is 2.21. The topological polar surface area (TPSA) is 109 Å². The summed E-state index contributed by atoms with van der Waals surface area (Å²) in [4.78, 5) is 36.9. The minimum atomic E-state index is -0.423. The third kappa shape index (κ3) is 6.96. The summed E-state index contributed by atoms with van der Waals surface area (Å²) in [7, 11) is 3.00. The zero-order valence-corrected chi connectivity index (χ0v) is 15.1. The Labute approximate surface area is 151 Å². The molecule has 0 unspecified atom stereocenters. The lowest BCUT2D eigenvalue weighted by atomic mass is 9.89.